The van der Waals surface area contributed by atoms with Crippen LogP contribution in [0, 0.1) is 6.92 Å². The maximum atomic E-state index is 12.8. The summed E-state index contributed by atoms with van der Waals surface area (Å²) >= 11 is 0. The van der Waals surface area contributed by atoms with Gasteiger partial charge in [-0.05, 0) is 38.0 Å². The Kier molecular flexibility index (Phi) is 8.20. The molecule has 0 aromatic heterocycles. The van der Waals surface area contributed by atoms with Gasteiger partial charge in [0, 0.05) is 5.69 Å². The van der Waals surface area contributed by atoms with Gasteiger partial charge in [-0.1, -0.05) is 61.4 Å². The van der Waals surface area contributed by atoms with Crippen LogP contribution in [0.25, 0.3) is 0 Å². The highest BCUT2D eigenvalue weighted by Gasteiger charge is 2.26. The molecule has 2 aromatic carbocycles. The van der Waals surface area contributed by atoms with E-state index in [0.29, 0.717) is 0 Å². The number of carbonyl (C=O) groups is 2. The van der Waals surface area contributed by atoms with Crippen LogP contribution in [-0.4, -0.2) is 31.4 Å². The lowest BCUT2D eigenvalue weighted by molar-refractivity contribution is -0.885. The molecule has 2 rings (SSSR count). The van der Waals surface area contributed by atoms with Crippen molar-refractivity contribution in [1.29, 1.82) is 0 Å². The third-order valence-electron chi connectivity index (χ3n) is 5.00. The van der Waals surface area contributed by atoms with Gasteiger partial charge in [0.2, 0.25) is 0 Å². The first kappa shape index (κ1) is 21.6. The monoisotopic (exact) mass is 382 g/mol. The van der Waals surface area contributed by atoms with Crippen LogP contribution in [0.15, 0.2) is 54.6 Å². The van der Waals surface area contributed by atoms with Crippen molar-refractivity contribution in [3.63, 3.8) is 0 Å². The number of benzene rings is 2. The van der Waals surface area contributed by atoms with E-state index >= 15 is 0 Å². The Bertz CT molecular complexity index is 759. The average molecular weight is 383 g/mol. The van der Waals surface area contributed by atoms with E-state index in [1.807, 2.05) is 75.5 Å². The summed E-state index contributed by atoms with van der Waals surface area (Å²) in [6.07, 6.45) is 1.87. The summed E-state index contributed by atoms with van der Waals surface area (Å²) < 4.78 is 0. The van der Waals surface area contributed by atoms with E-state index in [1.54, 1.807) is 0 Å². The number of amides is 2. The predicted molar refractivity (Wildman–Crippen MR) is 113 cm³/mol. The maximum absolute atomic E-state index is 12.8. The Morgan fingerprint density at radius 2 is 1.68 bits per heavy atom. The molecule has 1 unspecified atom stereocenters. The molecule has 0 aliphatic rings. The fourth-order valence-corrected chi connectivity index (χ4v) is 3.07. The molecule has 5 nitrogen and oxygen atoms in total. The van der Waals surface area contributed by atoms with Gasteiger partial charge >= 0.3 is 0 Å². The molecule has 5 heteroatoms. The Balaban J connectivity index is 1.91. The van der Waals surface area contributed by atoms with Crippen LogP contribution in [0.4, 0.5) is 5.69 Å². The van der Waals surface area contributed by atoms with Crippen LogP contribution in [-0.2, 0) is 9.59 Å². The summed E-state index contributed by atoms with van der Waals surface area (Å²) in [4.78, 5) is 25.9. The van der Waals surface area contributed by atoms with Gasteiger partial charge in [0.1, 0.15) is 0 Å². The second-order valence-electron chi connectivity index (χ2n) is 7.42. The van der Waals surface area contributed by atoms with E-state index in [1.165, 1.54) is 0 Å². The predicted octanol–water partition coefficient (Wildman–Crippen LogP) is 2.49. The summed E-state index contributed by atoms with van der Waals surface area (Å²) in [5.74, 6) is -0.142. The molecule has 0 saturated heterocycles. The highest BCUT2D eigenvalue weighted by molar-refractivity contribution is 5.91. The average Bonchev–Trinajstić information content (AvgIpc) is 2.69. The number of hydrogen-bond acceptors (Lipinski definition) is 2. The summed E-state index contributed by atoms with van der Waals surface area (Å²) in [6.45, 7) is 6.20. The minimum Gasteiger partial charge on any atom is -0.344 e. The SMILES string of the molecule is CCC[C@@H](NC(=O)[C@H](C)[NH+](C)CC(=O)Nc1ccc(C)cc1)c1ccccc1. The van der Waals surface area contributed by atoms with Gasteiger partial charge in [-0.15, -0.1) is 0 Å². The van der Waals surface area contributed by atoms with E-state index in [4.69, 9.17) is 0 Å². The van der Waals surface area contributed by atoms with Gasteiger partial charge in [-0.2, -0.15) is 0 Å². The second kappa shape index (κ2) is 10.6. The number of aryl methyl sites for hydroxylation is 1. The van der Waals surface area contributed by atoms with Crippen molar-refractivity contribution < 1.29 is 14.5 Å². The van der Waals surface area contributed by atoms with E-state index in [2.05, 4.69) is 17.6 Å². The van der Waals surface area contributed by atoms with Gasteiger partial charge in [-0.3, -0.25) is 9.59 Å². The molecule has 0 heterocycles. The van der Waals surface area contributed by atoms with Crippen molar-refractivity contribution in [3.8, 4) is 0 Å². The maximum Gasteiger partial charge on any atom is 0.279 e. The van der Waals surface area contributed by atoms with Gasteiger partial charge in [0.15, 0.2) is 12.6 Å². The Hall–Kier alpha value is -2.66. The van der Waals surface area contributed by atoms with E-state index in [-0.39, 0.29) is 30.4 Å². The molecule has 0 saturated carbocycles. The van der Waals surface area contributed by atoms with Crippen molar-refractivity contribution in [3.05, 3.63) is 65.7 Å². The zero-order valence-electron chi connectivity index (χ0n) is 17.3. The lowest BCUT2D eigenvalue weighted by Crippen LogP contribution is -3.15. The lowest BCUT2D eigenvalue weighted by Gasteiger charge is -2.24. The fraction of sp³-hybridized carbons (Fsp3) is 0.391. The Morgan fingerprint density at radius 1 is 1.04 bits per heavy atom. The minimum atomic E-state index is -0.327. The molecule has 0 aliphatic heterocycles. The molecule has 150 valence electrons. The number of anilines is 1. The largest absolute Gasteiger partial charge is 0.344 e. The topological polar surface area (TPSA) is 62.6 Å². The molecule has 0 fully saturated rings. The van der Waals surface area contributed by atoms with Crippen LogP contribution >= 0.6 is 0 Å². The molecule has 2 aromatic rings. The van der Waals surface area contributed by atoms with Crippen LogP contribution in [0.2, 0.25) is 0 Å². The molecule has 3 N–H and O–H groups in total. The molecule has 0 aliphatic carbocycles. The number of likely N-dealkylation sites (N-methyl/N-ethyl adjacent to an activating group) is 1. The normalized spacial score (nSPS) is 14.0. The van der Waals surface area contributed by atoms with Crippen molar-refractivity contribution in [2.24, 2.45) is 0 Å². The molecule has 28 heavy (non-hydrogen) atoms. The van der Waals surface area contributed by atoms with E-state index in [9.17, 15) is 9.59 Å². The molecule has 0 bridgehead atoms. The lowest BCUT2D eigenvalue weighted by atomic mass is 10.0. The van der Waals surface area contributed by atoms with Gasteiger partial charge in [-0.25, -0.2) is 0 Å². The smallest absolute Gasteiger partial charge is 0.279 e. The third kappa shape index (κ3) is 6.50. The second-order valence-corrected chi connectivity index (χ2v) is 7.42. The summed E-state index contributed by atoms with van der Waals surface area (Å²) in [7, 11) is 1.87. The first-order valence-corrected chi connectivity index (χ1v) is 9.94. The first-order valence-electron chi connectivity index (χ1n) is 9.94. The number of rotatable bonds is 9. The molecule has 3 atom stereocenters. The zero-order chi connectivity index (χ0) is 20.5. The summed E-state index contributed by atoms with van der Waals surface area (Å²) in [6, 6.07) is 17.4. The van der Waals surface area contributed by atoms with Crippen molar-refractivity contribution in [2.45, 2.75) is 45.7 Å². The standard InChI is InChI=1S/C23H31N3O2/c1-5-9-21(19-10-7-6-8-11-19)25-23(28)18(3)26(4)16-22(27)24-20-14-12-17(2)13-15-20/h6-8,10-15,18,21H,5,9,16H2,1-4H3,(H,24,27)(H,25,28)/p+1/t18-,21+/m0/s1. The number of quaternary nitrogens is 1. The number of carbonyl (C=O) groups excluding carboxylic acids is 2. The molecular formula is C23H32N3O2+. The summed E-state index contributed by atoms with van der Waals surface area (Å²) in [5.41, 5.74) is 3.03. The van der Waals surface area contributed by atoms with E-state index < -0.39 is 0 Å². The fourth-order valence-electron chi connectivity index (χ4n) is 3.07. The van der Waals surface area contributed by atoms with E-state index in [0.717, 1.165) is 34.6 Å². The number of hydrogen-bond donors (Lipinski definition) is 3. The molecule has 0 radical (unpaired) electrons. The quantitative estimate of drug-likeness (QED) is 0.624. The number of nitrogens with one attached hydrogen (secondary N) is 3. The van der Waals surface area contributed by atoms with Crippen molar-refractivity contribution in [2.75, 3.05) is 18.9 Å². The first-order chi connectivity index (χ1) is 13.4. The third-order valence-corrected chi connectivity index (χ3v) is 5.00. The van der Waals surface area contributed by atoms with Crippen LogP contribution in [0.1, 0.15) is 43.9 Å². The summed E-state index contributed by atoms with van der Waals surface area (Å²) in [5, 5.41) is 6.04. The molecule has 0 spiro atoms. The Labute approximate surface area is 168 Å². The van der Waals surface area contributed by atoms with Crippen LogP contribution < -0.4 is 15.5 Å². The van der Waals surface area contributed by atoms with Crippen molar-refractivity contribution in [1.82, 2.24) is 5.32 Å². The van der Waals surface area contributed by atoms with Gasteiger partial charge in [0.25, 0.3) is 11.8 Å². The van der Waals surface area contributed by atoms with Crippen molar-refractivity contribution >= 4 is 17.5 Å². The van der Waals surface area contributed by atoms with Gasteiger partial charge < -0.3 is 15.5 Å². The highest BCUT2D eigenvalue weighted by Crippen LogP contribution is 2.18. The highest BCUT2D eigenvalue weighted by atomic mass is 16.2. The van der Waals surface area contributed by atoms with Crippen LogP contribution in [0.5, 0.6) is 0 Å². The van der Waals surface area contributed by atoms with Crippen LogP contribution in [0.3, 0.4) is 0 Å². The Morgan fingerprint density at radius 3 is 2.29 bits per heavy atom. The minimum absolute atomic E-state index is 0.00432. The molecule has 2 amide bonds. The molecular weight excluding hydrogens is 350 g/mol. The zero-order valence-corrected chi connectivity index (χ0v) is 17.3. The van der Waals surface area contributed by atoms with Gasteiger partial charge in [0.05, 0.1) is 13.1 Å².